The van der Waals surface area contributed by atoms with Crippen LogP contribution in [-0.2, 0) is 19.1 Å². The molecular formula is C34H56N2O4. The Morgan fingerprint density at radius 2 is 1.77 bits per heavy atom. The predicted molar refractivity (Wildman–Crippen MR) is 159 cm³/mol. The van der Waals surface area contributed by atoms with Gasteiger partial charge in [-0.2, -0.15) is 0 Å². The molecule has 0 aromatic carbocycles. The molecule has 0 aliphatic heterocycles. The zero-order chi connectivity index (χ0) is 29.2. The number of esters is 1. The standard InChI is InChI=1S/C34H56N2O4/c1-21(2)8-7-9-22(3)27-12-13-28-26-11-10-24-20-25(16-18-33(24,5)29(26)17-19-34(27,28)6)40-32(39)30(35)14-15-31(38)36-23(4)37/h10,21-22,25-30H,7-9,11-20,35H2,1-6H3,(H,36,37,38)/t22-,25+,26+,27-,28+,29+,30?,33+,34-/m1/s1. The van der Waals surface area contributed by atoms with Crippen LogP contribution in [0, 0.1) is 46.3 Å². The summed E-state index contributed by atoms with van der Waals surface area (Å²) in [5.74, 6) is 3.61. The van der Waals surface area contributed by atoms with E-state index in [-0.39, 0.29) is 24.4 Å². The number of allylic oxidation sites excluding steroid dienone is 1. The second-order valence-electron chi connectivity index (χ2n) is 14.8. The molecule has 226 valence electrons. The Kier molecular flexibility index (Phi) is 9.90. The van der Waals surface area contributed by atoms with E-state index in [2.05, 4.69) is 46.0 Å². The summed E-state index contributed by atoms with van der Waals surface area (Å²) in [5, 5.41) is 2.22. The van der Waals surface area contributed by atoms with E-state index in [1.54, 1.807) is 0 Å². The minimum atomic E-state index is -0.852. The van der Waals surface area contributed by atoms with Crippen LogP contribution in [0.25, 0.3) is 0 Å². The van der Waals surface area contributed by atoms with E-state index in [1.165, 1.54) is 63.9 Å². The molecule has 0 saturated heterocycles. The van der Waals surface area contributed by atoms with Gasteiger partial charge in [-0.25, -0.2) is 0 Å². The van der Waals surface area contributed by atoms with Gasteiger partial charge in [0.15, 0.2) is 0 Å². The number of nitrogens with one attached hydrogen (secondary N) is 1. The molecule has 4 aliphatic rings. The van der Waals surface area contributed by atoms with Gasteiger partial charge in [0.2, 0.25) is 11.8 Å². The molecule has 4 rings (SSSR count). The van der Waals surface area contributed by atoms with E-state index in [4.69, 9.17) is 10.5 Å². The van der Waals surface area contributed by atoms with Crippen molar-refractivity contribution in [2.45, 2.75) is 137 Å². The molecule has 40 heavy (non-hydrogen) atoms. The van der Waals surface area contributed by atoms with Crippen LogP contribution >= 0.6 is 0 Å². The average molecular weight is 557 g/mol. The van der Waals surface area contributed by atoms with Crippen molar-refractivity contribution in [1.29, 1.82) is 0 Å². The van der Waals surface area contributed by atoms with Gasteiger partial charge in [0.25, 0.3) is 0 Å². The van der Waals surface area contributed by atoms with Gasteiger partial charge in [-0.3, -0.25) is 19.7 Å². The molecule has 1 unspecified atom stereocenters. The van der Waals surface area contributed by atoms with E-state index in [9.17, 15) is 14.4 Å². The van der Waals surface area contributed by atoms with Crippen LogP contribution in [0.15, 0.2) is 11.6 Å². The molecule has 3 N–H and O–H groups in total. The summed E-state index contributed by atoms with van der Waals surface area (Å²) in [6.45, 7) is 13.7. The summed E-state index contributed by atoms with van der Waals surface area (Å²) < 4.78 is 5.87. The summed E-state index contributed by atoms with van der Waals surface area (Å²) in [4.78, 5) is 35.5. The number of carbonyl (C=O) groups is 3. The fourth-order valence-electron chi connectivity index (χ4n) is 9.67. The third-order valence-corrected chi connectivity index (χ3v) is 11.8. The van der Waals surface area contributed by atoms with Gasteiger partial charge >= 0.3 is 5.97 Å². The number of rotatable bonds is 10. The van der Waals surface area contributed by atoms with Crippen molar-refractivity contribution in [3.8, 4) is 0 Å². The Bertz CT molecular complexity index is 975. The summed E-state index contributed by atoms with van der Waals surface area (Å²) in [5.41, 5.74) is 8.23. The van der Waals surface area contributed by atoms with Crippen molar-refractivity contribution in [2.75, 3.05) is 0 Å². The first kappa shape index (κ1) is 31.3. The summed E-state index contributed by atoms with van der Waals surface area (Å²) in [6.07, 6.45) is 16.1. The Morgan fingerprint density at radius 1 is 1.02 bits per heavy atom. The SMILES string of the molecule is CC(=O)NC(=O)CCC(N)C(=O)O[C@H]1CC[C@@]2(C)C(=CC[C@H]3[C@@H]4CC[C@H]([C@H](C)CCCC(C)C)[C@@]4(C)CC[C@@H]32)C1. The molecule has 0 aromatic heterocycles. The van der Waals surface area contributed by atoms with Crippen LogP contribution in [0.2, 0.25) is 0 Å². The van der Waals surface area contributed by atoms with Crippen LogP contribution in [0.3, 0.4) is 0 Å². The highest BCUT2D eigenvalue weighted by Gasteiger charge is 2.59. The Hall–Kier alpha value is -1.69. The third-order valence-electron chi connectivity index (χ3n) is 11.8. The van der Waals surface area contributed by atoms with Crippen LogP contribution < -0.4 is 11.1 Å². The van der Waals surface area contributed by atoms with Crippen molar-refractivity contribution < 1.29 is 19.1 Å². The van der Waals surface area contributed by atoms with Gasteiger partial charge in [0, 0.05) is 19.8 Å². The molecule has 4 aliphatic carbocycles. The number of imide groups is 1. The molecule has 0 radical (unpaired) electrons. The molecule has 0 heterocycles. The molecule has 3 fully saturated rings. The highest BCUT2D eigenvalue weighted by atomic mass is 16.5. The number of amides is 2. The number of hydrogen-bond acceptors (Lipinski definition) is 5. The molecule has 0 bridgehead atoms. The van der Waals surface area contributed by atoms with Gasteiger partial charge in [0.05, 0.1) is 0 Å². The van der Waals surface area contributed by atoms with Gasteiger partial charge < -0.3 is 10.5 Å². The normalized spacial score (nSPS) is 36.5. The third kappa shape index (κ3) is 6.52. The minimum Gasteiger partial charge on any atom is -0.461 e. The number of nitrogens with two attached hydrogens (primary N) is 1. The van der Waals surface area contributed by atoms with Gasteiger partial charge in [-0.1, -0.05) is 65.5 Å². The van der Waals surface area contributed by atoms with Crippen LogP contribution in [-0.4, -0.2) is 29.9 Å². The molecule has 2 amide bonds. The first-order valence-electron chi connectivity index (χ1n) is 16.3. The van der Waals surface area contributed by atoms with Gasteiger partial charge in [-0.15, -0.1) is 0 Å². The fraction of sp³-hybridized carbons (Fsp3) is 0.853. The topological polar surface area (TPSA) is 98.5 Å². The van der Waals surface area contributed by atoms with Crippen LogP contribution in [0.1, 0.15) is 125 Å². The largest absolute Gasteiger partial charge is 0.461 e. The molecule has 0 spiro atoms. The number of fused-ring (bicyclic) bond motifs is 5. The van der Waals surface area contributed by atoms with Crippen molar-refractivity contribution >= 4 is 17.8 Å². The highest BCUT2D eigenvalue weighted by molar-refractivity contribution is 5.94. The maximum Gasteiger partial charge on any atom is 0.323 e. The lowest BCUT2D eigenvalue weighted by atomic mass is 9.47. The summed E-state index contributed by atoms with van der Waals surface area (Å²) in [6, 6.07) is -0.852. The highest BCUT2D eigenvalue weighted by Crippen LogP contribution is 2.67. The second-order valence-corrected chi connectivity index (χ2v) is 14.8. The molecular weight excluding hydrogens is 500 g/mol. The smallest absolute Gasteiger partial charge is 0.323 e. The molecule has 6 nitrogen and oxygen atoms in total. The van der Waals surface area contributed by atoms with Crippen LogP contribution in [0.4, 0.5) is 0 Å². The fourth-order valence-corrected chi connectivity index (χ4v) is 9.67. The summed E-state index contributed by atoms with van der Waals surface area (Å²) in [7, 11) is 0. The quantitative estimate of drug-likeness (QED) is 0.230. The second kappa shape index (κ2) is 12.7. The van der Waals surface area contributed by atoms with Crippen molar-refractivity contribution in [3.63, 3.8) is 0 Å². The Morgan fingerprint density at radius 3 is 2.48 bits per heavy atom. The lowest BCUT2D eigenvalue weighted by molar-refractivity contribution is -0.153. The van der Waals surface area contributed by atoms with Gasteiger partial charge in [-0.05, 0) is 97.7 Å². The van der Waals surface area contributed by atoms with E-state index < -0.39 is 23.8 Å². The van der Waals surface area contributed by atoms with E-state index >= 15 is 0 Å². The van der Waals surface area contributed by atoms with Crippen molar-refractivity contribution in [1.82, 2.24) is 5.32 Å². The average Bonchev–Trinajstić information content (AvgIpc) is 3.24. The first-order valence-corrected chi connectivity index (χ1v) is 16.3. The number of hydrogen-bond donors (Lipinski definition) is 2. The lowest BCUT2D eigenvalue weighted by Gasteiger charge is -2.58. The van der Waals surface area contributed by atoms with E-state index in [0.717, 1.165) is 54.8 Å². The summed E-state index contributed by atoms with van der Waals surface area (Å²) >= 11 is 0. The molecule has 9 atom stereocenters. The first-order chi connectivity index (χ1) is 18.8. The Labute approximate surface area is 243 Å². The van der Waals surface area contributed by atoms with Crippen molar-refractivity contribution in [3.05, 3.63) is 11.6 Å². The number of carbonyl (C=O) groups excluding carboxylic acids is 3. The monoisotopic (exact) mass is 556 g/mol. The van der Waals surface area contributed by atoms with Crippen LogP contribution in [0.5, 0.6) is 0 Å². The predicted octanol–water partition coefficient (Wildman–Crippen LogP) is 6.71. The molecule has 3 saturated carbocycles. The maximum absolute atomic E-state index is 12.7. The zero-order valence-corrected chi connectivity index (χ0v) is 26.1. The lowest BCUT2D eigenvalue weighted by Crippen LogP contribution is -2.51. The minimum absolute atomic E-state index is 0.0322. The van der Waals surface area contributed by atoms with Crippen molar-refractivity contribution in [2.24, 2.45) is 52.1 Å². The molecule has 0 aromatic rings. The van der Waals surface area contributed by atoms with E-state index in [1.807, 2.05) is 0 Å². The number of ether oxygens (including phenoxy) is 1. The zero-order valence-electron chi connectivity index (χ0n) is 26.1. The van der Waals surface area contributed by atoms with E-state index in [0.29, 0.717) is 5.41 Å². The Balaban J connectivity index is 1.34. The molecule has 6 heteroatoms. The van der Waals surface area contributed by atoms with Gasteiger partial charge in [0.1, 0.15) is 12.1 Å². The maximum atomic E-state index is 12.7.